The van der Waals surface area contributed by atoms with E-state index in [9.17, 15) is 4.39 Å². The van der Waals surface area contributed by atoms with Crippen LogP contribution in [0.5, 0.6) is 0 Å². The van der Waals surface area contributed by atoms with E-state index in [4.69, 9.17) is 11.6 Å². The molecule has 106 valence electrons. The summed E-state index contributed by atoms with van der Waals surface area (Å²) in [6.45, 7) is 0. The fourth-order valence-electron chi connectivity index (χ4n) is 1.65. The van der Waals surface area contributed by atoms with E-state index in [0.717, 1.165) is 0 Å². The van der Waals surface area contributed by atoms with Gasteiger partial charge in [-0.1, -0.05) is 11.6 Å². The molecule has 0 bridgehead atoms. The lowest BCUT2D eigenvalue weighted by atomic mass is 10.2. The van der Waals surface area contributed by atoms with Crippen LogP contribution < -0.4 is 5.32 Å². The van der Waals surface area contributed by atoms with Crippen LogP contribution in [0.25, 0.3) is 17.3 Å². The van der Waals surface area contributed by atoms with Gasteiger partial charge >= 0.3 is 0 Å². The summed E-state index contributed by atoms with van der Waals surface area (Å²) >= 11 is 5.79. The molecular weight excluding hydrogens is 297 g/mol. The van der Waals surface area contributed by atoms with Gasteiger partial charge in [0, 0.05) is 12.6 Å². The fourth-order valence-corrected chi connectivity index (χ4v) is 1.84. The summed E-state index contributed by atoms with van der Waals surface area (Å²) in [5, 5.41) is 6.80. The number of aromatic nitrogens is 6. The van der Waals surface area contributed by atoms with Gasteiger partial charge in [-0.05, 0) is 18.2 Å². The van der Waals surface area contributed by atoms with Gasteiger partial charge < -0.3 is 5.32 Å². The molecule has 21 heavy (non-hydrogen) atoms. The fraction of sp³-hybridized carbons (Fsp3) is 0.0833. The topological polar surface area (TPSA) is 81.4 Å². The summed E-state index contributed by atoms with van der Waals surface area (Å²) in [5.74, 6) is 0.495. The van der Waals surface area contributed by atoms with E-state index < -0.39 is 5.82 Å². The van der Waals surface area contributed by atoms with Gasteiger partial charge in [0.1, 0.15) is 18.5 Å². The number of halogens is 2. The van der Waals surface area contributed by atoms with Crippen molar-refractivity contribution in [2.45, 2.75) is 0 Å². The van der Waals surface area contributed by atoms with Gasteiger partial charge in [0.2, 0.25) is 5.95 Å². The second-order valence-corrected chi connectivity index (χ2v) is 4.41. The van der Waals surface area contributed by atoms with Crippen LogP contribution in [0.1, 0.15) is 0 Å². The Morgan fingerprint density at radius 1 is 1.24 bits per heavy atom. The van der Waals surface area contributed by atoms with E-state index >= 15 is 0 Å². The Labute approximate surface area is 123 Å². The molecule has 0 spiro atoms. The van der Waals surface area contributed by atoms with E-state index in [1.807, 2.05) is 0 Å². The molecule has 0 unspecified atom stereocenters. The molecule has 0 aliphatic heterocycles. The summed E-state index contributed by atoms with van der Waals surface area (Å²) in [6.07, 6.45) is 2.84. The van der Waals surface area contributed by atoms with Gasteiger partial charge in [-0.2, -0.15) is 24.7 Å². The van der Waals surface area contributed by atoms with E-state index in [1.165, 1.54) is 29.5 Å². The molecular formula is C12H9ClFN7. The maximum absolute atomic E-state index is 13.2. The molecule has 9 heteroatoms. The number of hydrogen-bond donors (Lipinski definition) is 1. The molecule has 0 radical (unpaired) electrons. The standard InChI is InChI=1S/C12H9ClFN7/c1-15-11-18-10(7-2-3-9(14)8(13)4-7)19-12(20-11)21-6-16-5-17-21/h2-6H,1H3,(H,15,18,19,20). The molecule has 2 aromatic heterocycles. The Kier molecular flexibility index (Phi) is 3.44. The van der Waals surface area contributed by atoms with Crippen molar-refractivity contribution >= 4 is 17.5 Å². The van der Waals surface area contributed by atoms with Crippen molar-refractivity contribution in [3.05, 3.63) is 41.7 Å². The minimum atomic E-state index is -0.500. The predicted octanol–water partition coefficient (Wildman–Crippen LogP) is 1.95. The van der Waals surface area contributed by atoms with E-state index in [2.05, 4.69) is 30.4 Å². The Bertz CT molecular complexity index is 775. The third-order valence-electron chi connectivity index (χ3n) is 2.65. The number of hydrogen-bond acceptors (Lipinski definition) is 6. The Balaban J connectivity index is 2.13. The lowest BCUT2D eigenvalue weighted by Crippen LogP contribution is -2.08. The van der Waals surface area contributed by atoms with Crippen molar-refractivity contribution in [3.8, 4) is 17.3 Å². The highest BCUT2D eigenvalue weighted by Crippen LogP contribution is 2.23. The largest absolute Gasteiger partial charge is 0.357 e. The second kappa shape index (κ2) is 5.41. The third kappa shape index (κ3) is 2.65. The second-order valence-electron chi connectivity index (χ2n) is 4.00. The SMILES string of the molecule is CNc1nc(-c2ccc(F)c(Cl)c2)nc(-n2cncn2)n1. The first-order valence-corrected chi connectivity index (χ1v) is 6.29. The summed E-state index contributed by atoms with van der Waals surface area (Å²) < 4.78 is 14.6. The van der Waals surface area contributed by atoms with Gasteiger partial charge in [-0.3, -0.25) is 0 Å². The van der Waals surface area contributed by atoms with Gasteiger partial charge in [-0.25, -0.2) is 9.37 Å². The highest BCUT2D eigenvalue weighted by Gasteiger charge is 2.11. The van der Waals surface area contributed by atoms with Gasteiger partial charge in [-0.15, -0.1) is 0 Å². The van der Waals surface area contributed by atoms with E-state index in [0.29, 0.717) is 23.3 Å². The molecule has 7 nitrogen and oxygen atoms in total. The number of benzene rings is 1. The number of nitrogens with zero attached hydrogens (tertiary/aromatic N) is 6. The number of anilines is 1. The monoisotopic (exact) mass is 305 g/mol. The Morgan fingerprint density at radius 3 is 2.76 bits per heavy atom. The van der Waals surface area contributed by atoms with E-state index in [-0.39, 0.29) is 5.02 Å². The highest BCUT2D eigenvalue weighted by atomic mass is 35.5. The number of rotatable bonds is 3. The zero-order valence-corrected chi connectivity index (χ0v) is 11.6. The van der Waals surface area contributed by atoms with Crippen LogP contribution in [0.15, 0.2) is 30.9 Å². The minimum Gasteiger partial charge on any atom is -0.357 e. The zero-order chi connectivity index (χ0) is 14.8. The smallest absolute Gasteiger partial charge is 0.257 e. The van der Waals surface area contributed by atoms with Gasteiger partial charge in [0.25, 0.3) is 5.95 Å². The molecule has 0 aliphatic rings. The highest BCUT2D eigenvalue weighted by molar-refractivity contribution is 6.31. The quantitative estimate of drug-likeness (QED) is 0.796. The van der Waals surface area contributed by atoms with E-state index in [1.54, 1.807) is 13.1 Å². The van der Waals surface area contributed by atoms with Crippen molar-refractivity contribution in [3.63, 3.8) is 0 Å². The van der Waals surface area contributed by atoms with Crippen LogP contribution in [-0.2, 0) is 0 Å². The number of nitrogens with one attached hydrogen (secondary N) is 1. The summed E-state index contributed by atoms with van der Waals surface area (Å²) in [7, 11) is 1.68. The molecule has 0 amide bonds. The maximum atomic E-state index is 13.2. The molecule has 1 N–H and O–H groups in total. The average molecular weight is 306 g/mol. The average Bonchev–Trinajstić information content (AvgIpc) is 3.04. The zero-order valence-electron chi connectivity index (χ0n) is 10.8. The first-order chi connectivity index (χ1) is 10.2. The molecule has 0 fully saturated rings. The maximum Gasteiger partial charge on any atom is 0.257 e. The van der Waals surface area contributed by atoms with Crippen molar-refractivity contribution < 1.29 is 4.39 Å². The first kappa shape index (κ1) is 13.4. The van der Waals surface area contributed by atoms with Crippen molar-refractivity contribution in [1.82, 2.24) is 29.7 Å². The molecule has 3 aromatic rings. The summed E-state index contributed by atoms with van der Waals surface area (Å²) in [4.78, 5) is 16.5. The molecule has 2 heterocycles. The van der Waals surface area contributed by atoms with Crippen LogP contribution in [0.4, 0.5) is 10.3 Å². The van der Waals surface area contributed by atoms with Crippen LogP contribution in [0, 0.1) is 5.82 Å². The molecule has 1 aromatic carbocycles. The molecule has 0 saturated heterocycles. The Hall–Kier alpha value is -2.61. The van der Waals surface area contributed by atoms with Crippen LogP contribution in [-0.4, -0.2) is 36.8 Å². The van der Waals surface area contributed by atoms with Crippen molar-refractivity contribution in [2.75, 3.05) is 12.4 Å². The summed E-state index contributed by atoms with van der Waals surface area (Å²) in [6, 6.07) is 4.26. The van der Waals surface area contributed by atoms with Crippen LogP contribution >= 0.6 is 11.6 Å². The van der Waals surface area contributed by atoms with Crippen molar-refractivity contribution in [2.24, 2.45) is 0 Å². The van der Waals surface area contributed by atoms with Gasteiger partial charge in [0.15, 0.2) is 5.82 Å². The lowest BCUT2D eigenvalue weighted by Gasteiger charge is -2.07. The normalized spacial score (nSPS) is 10.6. The lowest BCUT2D eigenvalue weighted by molar-refractivity contribution is 0.628. The summed E-state index contributed by atoms with van der Waals surface area (Å²) in [5.41, 5.74) is 0.571. The third-order valence-corrected chi connectivity index (χ3v) is 2.94. The van der Waals surface area contributed by atoms with Gasteiger partial charge in [0.05, 0.1) is 5.02 Å². The molecule has 0 atom stereocenters. The van der Waals surface area contributed by atoms with Crippen LogP contribution in [0.3, 0.4) is 0 Å². The molecule has 3 rings (SSSR count). The van der Waals surface area contributed by atoms with Crippen LogP contribution in [0.2, 0.25) is 5.02 Å². The molecule has 0 aliphatic carbocycles. The minimum absolute atomic E-state index is 0.00113. The van der Waals surface area contributed by atoms with Crippen molar-refractivity contribution in [1.29, 1.82) is 0 Å². The predicted molar refractivity (Wildman–Crippen MR) is 74.7 cm³/mol. The Morgan fingerprint density at radius 2 is 2.10 bits per heavy atom. The first-order valence-electron chi connectivity index (χ1n) is 5.91. The molecule has 0 saturated carbocycles.